The minimum absolute atomic E-state index is 0.673. The van der Waals surface area contributed by atoms with E-state index in [1.54, 1.807) is 6.26 Å². The molecule has 0 amide bonds. The van der Waals surface area contributed by atoms with Crippen LogP contribution in [0.25, 0.3) is 0 Å². The number of nitrogens with one attached hydrogen (secondary N) is 1. The summed E-state index contributed by atoms with van der Waals surface area (Å²) in [6, 6.07) is 3.50. The molecular weight excluding hydrogens is 200 g/mol. The second-order valence-electron chi connectivity index (χ2n) is 5.05. The predicted octanol–water partition coefficient (Wildman–Crippen LogP) is 1.91. The average Bonchev–Trinajstić information content (AvgIpc) is 2.92. The van der Waals surface area contributed by atoms with Crippen molar-refractivity contribution in [1.29, 1.82) is 0 Å². The van der Waals surface area contributed by atoms with Gasteiger partial charge in [0.2, 0.25) is 0 Å². The zero-order valence-corrected chi connectivity index (χ0v) is 9.91. The molecule has 2 fully saturated rings. The van der Waals surface area contributed by atoms with E-state index in [2.05, 4.69) is 17.1 Å². The standard InChI is InChI=1S/C13H20N2O/c1-10-5-8-16-13(10)9-14-11-4-7-15-6-2-3-12(11)15/h5,8,11-12,14H,2-4,6-7,9H2,1H3. The van der Waals surface area contributed by atoms with Gasteiger partial charge in [-0.05, 0) is 44.4 Å². The Labute approximate surface area is 96.8 Å². The third-order valence-electron chi connectivity index (χ3n) is 4.10. The van der Waals surface area contributed by atoms with Gasteiger partial charge in [0, 0.05) is 18.6 Å². The van der Waals surface area contributed by atoms with Gasteiger partial charge in [-0.25, -0.2) is 0 Å². The fourth-order valence-corrected chi connectivity index (χ4v) is 3.13. The molecule has 0 saturated carbocycles. The molecule has 3 rings (SSSR count). The largest absolute Gasteiger partial charge is 0.468 e. The summed E-state index contributed by atoms with van der Waals surface area (Å²) in [7, 11) is 0. The fourth-order valence-electron chi connectivity index (χ4n) is 3.13. The van der Waals surface area contributed by atoms with Crippen molar-refractivity contribution in [3.63, 3.8) is 0 Å². The van der Waals surface area contributed by atoms with Gasteiger partial charge >= 0.3 is 0 Å². The Kier molecular flexibility index (Phi) is 2.74. The van der Waals surface area contributed by atoms with E-state index in [1.165, 1.54) is 37.9 Å². The third kappa shape index (κ3) is 1.78. The number of hydrogen-bond acceptors (Lipinski definition) is 3. The van der Waals surface area contributed by atoms with Crippen LogP contribution in [0.4, 0.5) is 0 Å². The Morgan fingerprint density at radius 2 is 2.38 bits per heavy atom. The number of fused-ring (bicyclic) bond motifs is 1. The topological polar surface area (TPSA) is 28.4 Å². The Bertz CT molecular complexity index is 361. The van der Waals surface area contributed by atoms with Gasteiger partial charge < -0.3 is 9.73 Å². The molecular formula is C13H20N2O. The van der Waals surface area contributed by atoms with Crippen LogP contribution < -0.4 is 5.32 Å². The fraction of sp³-hybridized carbons (Fsp3) is 0.692. The average molecular weight is 220 g/mol. The van der Waals surface area contributed by atoms with Crippen LogP contribution in [0, 0.1) is 6.92 Å². The first-order chi connectivity index (χ1) is 7.84. The molecule has 3 heterocycles. The number of rotatable bonds is 3. The summed E-state index contributed by atoms with van der Waals surface area (Å²) in [5.74, 6) is 1.09. The van der Waals surface area contributed by atoms with Crippen molar-refractivity contribution in [2.24, 2.45) is 0 Å². The van der Waals surface area contributed by atoms with E-state index in [1.807, 2.05) is 6.07 Å². The molecule has 3 heteroatoms. The van der Waals surface area contributed by atoms with E-state index in [-0.39, 0.29) is 0 Å². The van der Waals surface area contributed by atoms with Crippen LogP contribution in [0.1, 0.15) is 30.6 Å². The number of aryl methyl sites for hydroxylation is 1. The van der Waals surface area contributed by atoms with Gasteiger partial charge in [0.1, 0.15) is 5.76 Å². The number of hydrogen-bond donors (Lipinski definition) is 1. The smallest absolute Gasteiger partial charge is 0.120 e. The highest BCUT2D eigenvalue weighted by Gasteiger charge is 2.36. The Morgan fingerprint density at radius 3 is 3.19 bits per heavy atom. The van der Waals surface area contributed by atoms with E-state index in [0.717, 1.165) is 18.3 Å². The van der Waals surface area contributed by atoms with Crippen LogP contribution in [0.15, 0.2) is 16.7 Å². The molecule has 3 nitrogen and oxygen atoms in total. The summed E-state index contributed by atoms with van der Waals surface area (Å²) in [5.41, 5.74) is 1.26. The molecule has 2 aliphatic rings. The van der Waals surface area contributed by atoms with Crippen LogP contribution in [0.5, 0.6) is 0 Å². The predicted molar refractivity (Wildman–Crippen MR) is 63.3 cm³/mol. The summed E-state index contributed by atoms with van der Waals surface area (Å²) in [6.07, 6.45) is 5.82. The lowest BCUT2D eigenvalue weighted by Gasteiger charge is -2.20. The monoisotopic (exact) mass is 220 g/mol. The van der Waals surface area contributed by atoms with Crippen molar-refractivity contribution >= 4 is 0 Å². The highest BCUT2D eigenvalue weighted by molar-refractivity contribution is 5.14. The van der Waals surface area contributed by atoms with Crippen LogP contribution in [-0.2, 0) is 6.54 Å². The van der Waals surface area contributed by atoms with Gasteiger partial charge in [-0.3, -0.25) is 4.90 Å². The molecule has 1 N–H and O–H groups in total. The van der Waals surface area contributed by atoms with Crippen LogP contribution in [0.2, 0.25) is 0 Å². The van der Waals surface area contributed by atoms with Gasteiger partial charge in [-0.1, -0.05) is 0 Å². The lowest BCUT2D eigenvalue weighted by Crippen LogP contribution is -2.38. The SMILES string of the molecule is Cc1ccoc1CNC1CCN2CCCC12. The first kappa shape index (κ1) is 10.4. The van der Waals surface area contributed by atoms with Crippen molar-refractivity contribution in [3.8, 4) is 0 Å². The highest BCUT2D eigenvalue weighted by atomic mass is 16.3. The van der Waals surface area contributed by atoms with E-state index < -0.39 is 0 Å². The van der Waals surface area contributed by atoms with Crippen LogP contribution in [0.3, 0.4) is 0 Å². The Balaban J connectivity index is 1.58. The van der Waals surface area contributed by atoms with Gasteiger partial charge in [-0.15, -0.1) is 0 Å². The summed E-state index contributed by atoms with van der Waals surface area (Å²) in [5, 5.41) is 3.66. The van der Waals surface area contributed by atoms with Crippen molar-refractivity contribution in [2.45, 2.75) is 44.8 Å². The van der Waals surface area contributed by atoms with Crippen LogP contribution >= 0.6 is 0 Å². The lowest BCUT2D eigenvalue weighted by atomic mass is 10.1. The quantitative estimate of drug-likeness (QED) is 0.843. The van der Waals surface area contributed by atoms with E-state index in [4.69, 9.17) is 4.42 Å². The molecule has 16 heavy (non-hydrogen) atoms. The Morgan fingerprint density at radius 1 is 1.44 bits per heavy atom. The molecule has 2 aliphatic heterocycles. The normalized spacial score (nSPS) is 29.8. The zero-order chi connectivity index (χ0) is 11.0. The molecule has 1 aromatic heterocycles. The molecule has 88 valence electrons. The maximum atomic E-state index is 5.46. The van der Waals surface area contributed by atoms with Crippen molar-refractivity contribution in [2.75, 3.05) is 13.1 Å². The van der Waals surface area contributed by atoms with Gasteiger partial charge in [0.05, 0.1) is 12.8 Å². The van der Waals surface area contributed by atoms with Gasteiger partial charge in [0.15, 0.2) is 0 Å². The highest BCUT2D eigenvalue weighted by Crippen LogP contribution is 2.28. The second-order valence-corrected chi connectivity index (χ2v) is 5.05. The molecule has 2 saturated heterocycles. The number of nitrogens with zero attached hydrogens (tertiary/aromatic N) is 1. The molecule has 1 aromatic rings. The summed E-state index contributed by atoms with van der Waals surface area (Å²) >= 11 is 0. The van der Waals surface area contributed by atoms with Gasteiger partial charge in [0.25, 0.3) is 0 Å². The molecule has 0 aromatic carbocycles. The summed E-state index contributed by atoms with van der Waals surface area (Å²) in [4.78, 5) is 2.63. The van der Waals surface area contributed by atoms with Crippen molar-refractivity contribution in [3.05, 3.63) is 23.7 Å². The van der Waals surface area contributed by atoms with Crippen molar-refractivity contribution in [1.82, 2.24) is 10.2 Å². The first-order valence-electron chi connectivity index (χ1n) is 6.35. The summed E-state index contributed by atoms with van der Waals surface area (Å²) in [6.45, 7) is 5.58. The molecule has 0 spiro atoms. The van der Waals surface area contributed by atoms with Gasteiger partial charge in [-0.2, -0.15) is 0 Å². The molecule has 2 atom stereocenters. The minimum atomic E-state index is 0.673. The van der Waals surface area contributed by atoms with Crippen molar-refractivity contribution < 1.29 is 4.42 Å². The lowest BCUT2D eigenvalue weighted by molar-refractivity contribution is 0.295. The minimum Gasteiger partial charge on any atom is -0.468 e. The third-order valence-corrected chi connectivity index (χ3v) is 4.10. The molecule has 0 bridgehead atoms. The summed E-state index contributed by atoms with van der Waals surface area (Å²) < 4.78 is 5.46. The van der Waals surface area contributed by atoms with E-state index in [0.29, 0.717) is 6.04 Å². The molecule has 0 aliphatic carbocycles. The zero-order valence-electron chi connectivity index (χ0n) is 9.91. The number of furan rings is 1. The maximum Gasteiger partial charge on any atom is 0.120 e. The molecule has 2 unspecified atom stereocenters. The first-order valence-corrected chi connectivity index (χ1v) is 6.35. The Hall–Kier alpha value is -0.800. The maximum absolute atomic E-state index is 5.46. The van der Waals surface area contributed by atoms with Crippen LogP contribution in [-0.4, -0.2) is 30.1 Å². The second kappa shape index (κ2) is 4.22. The molecule has 0 radical (unpaired) electrons. The van der Waals surface area contributed by atoms with E-state index >= 15 is 0 Å². The van der Waals surface area contributed by atoms with E-state index in [9.17, 15) is 0 Å².